The summed E-state index contributed by atoms with van der Waals surface area (Å²) in [6.07, 6.45) is 0. The Hall–Kier alpha value is -2.63. The number of aromatic nitrogens is 2. The highest BCUT2D eigenvalue weighted by molar-refractivity contribution is 6.03. The van der Waals surface area contributed by atoms with Crippen LogP contribution in [0.15, 0.2) is 24.3 Å². The van der Waals surface area contributed by atoms with Crippen LogP contribution in [0.5, 0.6) is 0 Å². The summed E-state index contributed by atoms with van der Waals surface area (Å²) in [7, 11) is 1.70. The summed E-state index contributed by atoms with van der Waals surface area (Å²) in [5.41, 5.74) is 3.29. The topological polar surface area (TPSA) is 84.2 Å². The fourth-order valence-corrected chi connectivity index (χ4v) is 2.42. The van der Waals surface area contributed by atoms with E-state index in [1.165, 1.54) is 10.7 Å². The van der Waals surface area contributed by atoms with Gasteiger partial charge < -0.3 is 10.4 Å². The van der Waals surface area contributed by atoms with Gasteiger partial charge in [0.2, 0.25) is 5.91 Å². The Morgan fingerprint density at radius 3 is 2.80 bits per heavy atom. The second-order valence-electron chi connectivity index (χ2n) is 4.86. The number of anilines is 1. The van der Waals surface area contributed by atoms with Gasteiger partial charge in [0.05, 0.1) is 11.6 Å². The van der Waals surface area contributed by atoms with E-state index < -0.39 is 5.97 Å². The maximum atomic E-state index is 11.6. The number of carboxylic acid groups (broad SMARTS) is 1. The van der Waals surface area contributed by atoms with E-state index in [2.05, 4.69) is 10.4 Å². The second-order valence-corrected chi connectivity index (χ2v) is 4.86. The summed E-state index contributed by atoms with van der Waals surface area (Å²) in [4.78, 5) is 22.6. The first kappa shape index (κ1) is 12.4. The fourth-order valence-electron chi connectivity index (χ4n) is 2.42. The van der Waals surface area contributed by atoms with Crippen LogP contribution in [0.25, 0.3) is 11.3 Å². The number of rotatable bonds is 2. The van der Waals surface area contributed by atoms with Crippen molar-refractivity contribution >= 4 is 17.6 Å². The van der Waals surface area contributed by atoms with Gasteiger partial charge in [-0.05, 0) is 30.7 Å². The van der Waals surface area contributed by atoms with Gasteiger partial charge in [-0.1, -0.05) is 6.07 Å². The molecule has 6 nitrogen and oxygen atoms in total. The zero-order valence-electron chi connectivity index (χ0n) is 11.0. The maximum absolute atomic E-state index is 11.6. The van der Waals surface area contributed by atoms with Crippen LogP contribution in [0.2, 0.25) is 0 Å². The largest absolute Gasteiger partial charge is 0.476 e. The van der Waals surface area contributed by atoms with E-state index in [1.54, 1.807) is 7.05 Å². The van der Waals surface area contributed by atoms with Crippen molar-refractivity contribution in [2.45, 2.75) is 12.8 Å². The van der Waals surface area contributed by atoms with Gasteiger partial charge in [0.15, 0.2) is 5.69 Å². The molecule has 6 heteroatoms. The highest BCUT2D eigenvalue weighted by Gasteiger charge is 2.27. The third kappa shape index (κ3) is 1.77. The van der Waals surface area contributed by atoms with Gasteiger partial charge in [-0.3, -0.25) is 9.48 Å². The van der Waals surface area contributed by atoms with Gasteiger partial charge in [-0.25, -0.2) is 4.79 Å². The molecular formula is C14H13N3O3. The van der Waals surface area contributed by atoms with E-state index in [9.17, 15) is 9.59 Å². The summed E-state index contributed by atoms with van der Waals surface area (Å²) in [5, 5.41) is 15.7. The van der Waals surface area contributed by atoms with Crippen molar-refractivity contribution in [1.82, 2.24) is 9.78 Å². The van der Waals surface area contributed by atoms with E-state index >= 15 is 0 Å². The summed E-state index contributed by atoms with van der Waals surface area (Å²) in [5.74, 6) is -1.27. The average molecular weight is 271 g/mol. The molecule has 2 heterocycles. The van der Waals surface area contributed by atoms with Crippen molar-refractivity contribution in [3.63, 3.8) is 0 Å². The molecule has 102 valence electrons. The first-order chi connectivity index (χ1) is 9.47. The molecule has 1 aromatic heterocycles. The van der Waals surface area contributed by atoms with Crippen molar-refractivity contribution in [3.8, 4) is 11.3 Å². The zero-order valence-corrected chi connectivity index (χ0v) is 11.0. The molecule has 0 fully saturated rings. The van der Waals surface area contributed by atoms with Crippen molar-refractivity contribution in [1.29, 1.82) is 0 Å². The lowest BCUT2D eigenvalue weighted by Crippen LogP contribution is -2.08. The van der Waals surface area contributed by atoms with E-state index in [0.717, 1.165) is 16.8 Å². The zero-order chi connectivity index (χ0) is 14.4. The molecule has 1 aliphatic rings. The first-order valence-electron chi connectivity index (χ1n) is 6.20. The number of aromatic carboxylic acids is 1. The van der Waals surface area contributed by atoms with Crippen molar-refractivity contribution in [2.75, 3.05) is 5.32 Å². The molecule has 1 unspecified atom stereocenters. The SMILES string of the molecule is CC1C(=O)Nc2ccc(-c3cc(C(=O)O)nn3C)cc21. The number of aryl methyl sites for hydroxylation is 1. The highest BCUT2D eigenvalue weighted by atomic mass is 16.4. The van der Waals surface area contributed by atoms with Gasteiger partial charge in [0, 0.05) is 18.3 Å². The predicted octanol–water partition coefficient (Wildman–Crippen LogP) is 1.84. The minimum Gasteiger partial charge on any atom is -0.476 e. The number of nitrogens with zero attached hydrogens (tertiary/aromatic N) is 2. The Morgan fingerprint density at radius 2 is 2.15 bits per heavy atom. The predicted molar refractivity (Wildman–Crippen MR) is 72.6 cm³/mol. The van der Waals surface area contributed by atoms with Gasteiger partial charge in [-0.2, -0.15) is 5.10 Å². The first-order valence-corrected chi connectivity index (χ1v) is 6.20. The normalized spacial score (nSPS) is 16.9. The number of hydrogen-bond donors (Lipinski definition) is 2. The fraction of sp³-hybridized carbons (Fsp3) is 0.214. The number of carbonyl (C=O) groups is 2. The molecule has 0 saturated heterocycles. The molecule has 1 aromatic carbocycles. The van der Waals surface area contributed by atoms with E-state index in [4.69, 9.17) is 5.11 Å². The van der Waals surface area contributed by atoms with Crippen LogP contribution >= 0.6 is 0 Å². The lowest BCUT2D eigenvalue weighted by atomic mass is 9.99. The molecule has 0 bridgehead atoms. The van der Waals surface area contributed by atoms with Crippen LogP contribution < -0.4 is 5.32 Å². The number of carbonyl (C=O) groups excluding carboxylic acids is 1. The Kier molecular flexibility index (Phi) is 2.60. The molecule has 1 amide bonds. The van der Waals surface area contributed by atoms with Crippen LogP contribution in [0.3, 0.4) is 0 Å². The molecule has 1 aliphatic heterocycles. The van der Waals surface area contributed by atoms with E-state index in [1.807, 2.05) is 25.1 Å². The van der Waals surface area contributed by atoms with E-state index in [-0.39, 0.29) is 17.5 Å². The molecule has 1 atom stereocenters. The molecule has 0 spiro atoms. The summed E-state index contributed by atoms with van der Waals surface area (Å²) < 4.78 is 1.53. The third-order valence-corrected chi connectivity index (χ3v) is 3.56. The number of nitrogens with one attached hydrogen (secondary N) is 1. The summed E-state index contributed by atoms with van der Waals surface area (Å²) in [6, 6.07) is 7.11. The molecule has 20 heavy (non-hydrogen) atoms. The standard InChI is InChI=1S/C14H13N3O3/c1-7-9-5-8(3-4-10(9)15-13(7)18)12-6-11(14(19)20)16-17(12)2/h3-7H,1-2H3,(H,15,18)(H,19,20). The van der Waals surface area contributed by atoms with Crippen molar-refractivity contribution < 1.29 is 14.7 Å². The van der Waals surface area contributed by atoms with Crippen LogP contribution in [0.4, 0.5) is 5.69 Å². The Balaban J connectivity index is 2.09. The quantitative estimate of drug-likeness (QED) is 0.872. The molecule has 0 radical (unpaired) electrons. The molecule has 2 N–H and O–H groups in total. The van der Waals surface area contributed by atoms with Gasteiger partial charge in [0.1, 0.15) is 0 Å². The number of amides is 1. The minimum absolute atomic E-state index is 0.00486. The van der Waals surface area contributed by atoms with Crippen molar-refractivity contribution in [3.05, 3.63) is 35.5 Å². The summed E-state index contributed by atoms with van der Waals surface area (Å²) in [6.45, 7) is 1.84. The minimum atomic E-state index is -1.06. The Morgan fingerprint density at radius 1 is 1.40 bits per heavy atom. The molecule has 0 aliphatic carbocycles. The van der Waals surface area contributed by atoms with Crippen LogP contribution in [-0.2, 0) is 11.8 Å². The molecule has 0 saturated carbocycles. The van der Waals surface area contributed by atoms with Crippen LogP contribution in [0.1, 0.15) is 28.9 Å². The third-order valence-electron chi connectivity index (χ3n) is 3.56. The molecule has 2 aromatic rings. The van der Waals surface area contributed by atoms with Crippen LogP contribution in [-0.4, -0.2) is 26.8 Å². The van der Waals surface area contributed by atoms with E-state index in [0.29, 0.717) is 5.69 Å². The Bertz CT molecular complexity index is 733. The van der Waals surface area contributed by atoms with Gasteiger partial charge in [-0.15, -0.1) is 0 Å². The summed E-state index contributed by atoms with van der Waals surface area (Å²) >= 11 is 0. The monoisotopic (exact) mass is 271 g/mol. The molecular weight excluding hydrogens is 258 g/mol. The number of hydrogen-bond acceptors (Lipinski definition) is 3. The van der Waals surface area contributed by atoms with Crippen LogP contribution in [0, 0.1) is 0 Å². The lowest BCUT2D eigenvalue weighted by molar-refractivity contribution is -0.116. The second kappa shape index (κ2) is 4.19. The Labute approximate surface area is 115 Å². The smallest absolute Gasteiger partial charge is 0.356 e. The maximum Gasteiger partial charge on any atom is 0.356 e. The number of fused-ring (bicyclic) bond motifs is 1. The van der Waals surface area contributed by atoms with Gasteiger partial charge >= 0.3 is 5.97 Å². The average Bonchev–Trinajstić information content (AvgIpc) is 2.92. The van der Waals surface area contributed by atoms with Gasteiger partial charge in [0.25, 0.3) is 0 Å². The number of carboxylic acids is 1. The number of benzene rings is 1. The van der Waals surface area contributed by atoms with Crippen molar-refractivity contribution in [2.24, 2.45) is 7.05 Å². The lowest BCUT2D eigenvalue weighted by Gasteiger charge is -2.06. The highest BCUT2D eigenvalue weighted by Crippen LogP contribution is 2.35. The molecule has 3 rings (SSSR count).